The summed E-state index contributed by atoms with van der Waals surface area (Å²) >= 11 is 0. The Labute approximate surface area is 156 Å². The van der Waals surface area contributed by atoms with E-state index in [2.05, 4.69) is 13.8 Å². The molecule has 6 nitrogen and oxygen atoms in total. The largest absolute Gasteiger partial charge is 0.493 e. The van der Waals surface area contributed by atoms with Crippen molar-refractivity contribution in [3.05, 3.63) is 23.8 Å². The van der Waals surface area contributed by atoms with E-state index in [9.17, 15) is 4.79 Å². The summed E-state index contributed by atoms with van der Waals surface area (Å²) in [6.07, 6.45) is 2.20. The second-order valence-electron chi connectivity index (χ2n) is 6.75. The van der Waals surface area contributed by atoms with Crippen LogP contribution in [-0.2, 0) is 20.7 Å². The number of methoxy groups -OCH3 is 3. The lowest BCUT2D eigenvalue weighted by Gasteiger charge is -2.24. The van der Waals surface area contributed by atoms with Crippen molar-refractivity contribution >= 4 is 5.97 Å². The third kappa shape index (κ3) is 7.22. The zero-order chi connectivity index (χ0) is 19.5. The molecule has 0 radical (unpaired) electrons. The van der Waals surface area contributed by atoms with Crippen LogP contribution in [0.1, 0.15) is 32.3 Å². The Kier molecular flexibility index (Phi) is 10.1. The summed E-state index contributed by atoms with van der Waals surface area (Å²) in [6, 6.07) is 5.35. The zero-order valence-corrected chi connectivity index (χ0v) is 16.6. The summed E-state index contributed by atoms with van der Waals surface area (Å²) in [7, 11) is 4.67. The predicted octanol–water partition coefficient (Wildman–Crippen LogP) is 2.82. The lowest BCUT2D eigenvalue weighted by Crippen LogP contribution is -2.35. The van der Waals surface area contributed by atoms with Crippen molar-refractivity contribution in [3.63, 3.8) is 0 Å². The lowest BCUT2D eigenvalue weighted by atomic mass is 9.84. The molecule has 0 aliphatic heterocycles. The van der Waals surface area contributed by atoms with Gasteiger partial charge in [0.25, 0.3) is 0 Å². The Morgan fingerprint density at radius 2 is 1.85 bits per heavy atom. The predicted molar refractivity (Wildman–Crippen MR) is 102 cm³/mol. The first kappa shape index (κ1) is 22.3. The van der Waals surface area contributed by atoms with Crippen LogP contribution in [0, 0.1) is 11.8 Å². The molecule has 0 heterocycles. The summed E-state index contributed by atoms with van der Waals surface area (Å²) in [5.74, 6) is 1.71. The molecule has 0 fully saturated rings. The van der Waals surface area contributed by atoms with E-state index in [4.69, 9.17) is 24.7 Å². The van der Waals surface area contributed by atoms with Crippen LogP contribution >= 0.6 is 0 Å². The van der Waals surface area contributed by atoms with Crippen molar-refractivity contribution in [1.82, 2.24) is 0 Å². The number of esters is 1. The van der Waals surface area contributed by atoms with Crippen LogP contribution in [0.5, 0.6) is 11.5 Å². The number of carbonyl (C=O) groups excluding carboxylic acids is 1. The molecule has 0 amide bonds. The Morgan fingerprint density at radius 3 is 2.42 bits per heavy atom. The van der Waals surface area contributed by atoms with Gasteiger partial charge in [0, 0.05) is 20.1 Å². The van der Waals surface area contributed by atoms with Crippen molar-refractivity contribution in [3.8, 4) is 11.5 Å². The normalized spacial score (nSPS) is 13.3. The zero-order valence-electron chi connectivity index (χ0n) is 16.6. The molecular formula is C20H33NO5. The minimum absolute atomic E-state index is 0.263. The van der Waals surface area contributed by atoms with Gasteiger partial charge in [-0.05, 0) is 42.4 Å². The molecule has 26 heavy (non-hydrogen) atoms. The van der Waals surface area contributed by atoms with Gasteiger partial charge in [0.05, 0.1) is 20.8 Å². The average molecular weight is 367 g/mol. The van der Waals surface area contributed by atoms with E-state index in [-0.39, 0.29) is 11.9 Å². The van der Waals surface area contributed by atoms with Gasteiger partial charge in [0.1, 0.15) is 6.04 Å². The molecule has 2 atom stereocenters. The second kappa shape index (κ2) is 11.8. The molecule has 1 aromatic carbocycles. The molecule has 2 N–H and O–H groups in total. The molecule has 0 aliphatic rings. The van der Waals surface area contributed by atoms with Crippen molar-refractivity contribution in [2.75, 3.05) is 34.5 Å². The average Bonchev–Trinajstić information content (AvgIpc) is 2.63. The fourth-order valence-electron chi connectivity index (χ4n) is 2.81. The van der Waals surface area contributed by atoms with Crippen molar-refractivity contribution in [2.45, 2.75) is 39.2 Å². The smallest absolute Gasteiger partial charge is 0.322 e. The van der Waals surface area contributed by atoms with Gasteiger partial charge in [-0.25, -0.2) is 0 Å². The molecule has 0 bridgehead atoms. The van der Waals surface area contributed by atoms with Crippen LogP contribution in [0.4, 0.5) is 0 Å². The maximum absolute atomic E-state index is 11.6. The Hall–Kier alpha value is -1.79. The van der Waals surface area contributed by atoms with Gasteiger partial charge < -0.3 is 24.7 Å². The van der Waals surface area contributed by atoms with Gasteiger partial charge in [-0.15, -0.1) is 0 Å². The number of hydrogen-bond acceptors (Lipinski definition) is 6. The molecule has 1 aromatic rings. The monoisotopic (exact) mass is 367 g/mol. The van der Waals surface area contributed by atoms with Crippen molar-refractivity contribution in [1.29, 1.82) is 0 Å². The van der Waals surface area contributed by atoms with Crippen LogP contribution in [0.25, 0.3) is 0 Å². The van der Waals surface area contributed by atoms with Gasteiger partial charge in [0.2, 0.25) is 0 Å². The first-order valence-electron chi connectivity index (χ1n) is 9.04. The Bertz CT molecular complexity index is 547. The molecule has 0 spiro atoms. The summed E-state index contributed by atoms with van der Waals surface area (Å²) in [4.78, 5) is 11.6. The molecular weight excluding hydrogens is 334 g/mol. The first-order valence-corrected chi connectivity index (χ1v) is 9.04. The van der Waals surface area contributed by atoms with Crippen molar-refractivity contribution < 1.29 is 23.7 Å². The topological polar surface area (TPSA) is 80.0 Å². The number of ether oxygens (including phenoxy) is 4. The standard InChI is InChI=1S/C20H33NO5/c1-14(2)16(13-17(21)20(22)25-5)11-15-7-8-18(24-4)19(12-15)26-10-6-9-23-3/h7-8,12,14,16-17H,6,9-11,13,21H2,1-5H3. The fraction of sp³-hybridized carbons (Fsp3) is 0.650. The van der Waals surface area contributed by atoms with Crippen LogP contribution in [-0.4, -0.2) is 46.6 Å². The van der Waals surface area contributed by atoms with Gasteiger partial charge in [-0.2, -0.15) is 0 Å². The van der Waals surface area contributed by atoms with E-state index in [1.807, 2.05) is 18.2 Å². The van der Waals surface area contributed by atoms with E-state index in [0.29, 0.717) is 31.3 Å². The number of nitrogens with two attached hydrogens (primary N) is 1. The minimum atomic E-state index is -0.601. The van der Waals surface area contributed by atoms with E-state index < -0.39 is 6.04 Å². The molecule has 6 heteroatoms. The Morgan fingerprint density at radius 1 is 1.12 bits per heavy atom. The SMILES string of the molecule is COCCCOc1cc(CC(CC(N)C(=O)OC)C(C)C)ccc1OC. The van der Waals surface area contributed by atoms with Crippen LogP contribution in [0.2, 0.25) is 0 Å². The van der Waals surface area contributed by atoms with Crippen molar-refractivity contribution in [2.24, 2.45) is 17.6 Å². The second-order valence-corrected chi connectivity index (χ2v) is 6.75. The quantitative estimate of drug-likeness (QED) is 0.452. The summed E-state index contributed by atoms with van der Waals surface area (Å²) in [5.41, 5.74) is 7.09. The highest BCUT2D eigenvalue weighted by Gasteiger charge is 2.23. The number of rotatable bonds is 12. The maximum atomic E-state index is 11.6. The third-order valence-electron chi connectivity index (χ3n) is 4.48. The molecule has 2 unspecified atom stereocenters. The molecule has 148 valence electrons. The lowest BCUT2D eigenvalue weighted by molar-refractivity contribution is -0.142. The van der Waals surface area contributed by atoms with Crippen LogP contribution in [0.15, 0.2) is 18.2 Å². The van der Waals surface area contributed by atoms with Gasteiger partial charge in [0.15, 0.2) is 11.5 Å². The van der Waals surface area contributed by atoms with Gasteiger partial charge in [-0.3, -0.25) is 4.79 Å². The Balaban J connectivity index is 2.82. The number of hydrogen-bond donors (Lipinski definition) is 1. The first-order chi connectivity index (χ1) is 12.4. The highest BCUT2D eigenvalue weighted by atomic mass is 16.5. The van der Waals surface area contributed by atoms with E-state index in [0.717, 1.165) is 24.2 Å². The third-order valence-corrected chi connectivity index (χ3v) is 4.48. The molecule has 0 aliphatic carbocycles. The minimum Gasteiger partial charge on any atom is -0.493 e. The fourth-order valence-corrected chi connectivity index (χ4v) is 2.81. The molecule has 1 rings (SSSR count). The highest BCUT2D eigenvalue weighted by Crippen LogP contribution is 2.31. The molecule has 0 saturated heterocycles. The summed E-state index contributed by atoms with van der Waals surface area (Å²) in [5, 5.41) is 0. The van der Waals surface area contributed by atoms with E-state index in [1.54, 1.807) is 14.2 Å². The summed E-state index contributed by atoms with van der Waals surface area (Å²) in [6.45, 7) is 5.50. The van der Waals surface area contributed by atoms with Gasteiger partial charge in [-0.1, -0.05) is 19.9 Å². The number of carbonyl (C=O) groups is 1. The van der Waals surface area contributed by atoms with Crippen LogP contribution in [0.3, 0.4) is 0 Å². The molecule has 0 aromatic heterocycles. The van der Waals surface area contributed by atoms with Gasteiger partial charge >= 0.3 is 5.97 Å². The highest BCUT2D eigenvalue weighted by molar-refractivity contribution is 5.75. The maximum Gasteiger partial charge on any atom is 0.322 e. The summed E-state index contributed by atoms with van der Waals surface area (Å²) < 4.78 is 21.0. The molecule has 0 saturated carbocycles. The van der Waals surface area contributed by atoms with E-state index in [1.165, 1.54) is 7.11 Å². The van der Waals surface area contributed by atoms with Crippen LogP contribution < -0.4 is 15.2 Å². The van der Waals surface area contributed by atoms with E-state index >= 15 is 0 Å². The number of benzene rings is 1.